The Morgan fingerprint density at radius 1 is 1.62 bits per heavy atom. The van der Waals surface area contributed by atoms with Gasteiger partial charge in [-0.25, -0.2) is 0 Å². The summed E-state index contributed by atoms with van der Waals surface area (Å²) in [6, 6.07) is 2.06. The molecule has 0 saturated carbocycles. The van der Waals surface area contributed by atoms with Crippen LogP contribution in [0.1, 0.15) is 5.56 Å². The first-order valence-corrected chi connectivity index (χ1v) is 3.36. The van der Waals surface area contributed by atoms with Crippen molar-refractivity contribution in [3.63, 3.8) is 0 Å². The molecule has 0 unspecified atom stereocenters. The zero-order valence-electron chi connectivity index (χ0n) is 4.50. The highest BCUT2D eigenvalue weighted by Crippen LogP contribution is 2.06. The standard InChI is InChI=1S/C7H7S/c1-2-3-7-4-5-8-6-7/h2-6H,1H2/b3-2+. The number of thiophene rings is 1. The summed E-state index contributed by atoms with van der Waals surface area (Å²) in [5.74, 6) is 0. The summed E-state index contributed by atoms with van der Waals surface area (Å²) < 4.78 is 0. The fourth-order valence-corrected chi connectivity index (χ4v) is 1.13. The van der Waals surface area contributed by atoms with Crippen LogP contribution >= 0.6 is 11.3 Å². The van der Waals surface area contributed by atoms with Gasteiger partial charge in [0.1, 0.15) is 0 Å². The van der Waals surface area contributed by atoms with E-state index in [1.54, 1.807) is 17.4 Å². The maximum atomic E-state index is 3.58. The first-order chi connectivity index (χ1) is 3.93. The van der Waals surface area contributed by atoms with E-state index in [9.17, 15) is 0 Å². The van der Waals surface area contributed by atoms with Crippen molar-refractivity contribution in [2.24, 2.45) is 0 Å². The molecule has 1 aromatic heterocycles. The molecule has 1 radical (unpaired) electrons. The lowest BCUT2D eigenvalue weighted by Gasteiger charge is -1.75. The van der Waals surface area contributed by atoms with Crippen LogP contribution in [0.15, 0.2) is 22.9 Å². The second-order valence-electron chi connectivity index (χ2n) is 1.46. The minimum Gasteiger partial charge on any atom is -0.152 e. The molecule has 0 atom stereocenters. The summed E-state index contributed by atoms with van der Waals surface area (Å²) in [4.78, 5) is 0. The normalized spacial score (nSPS) is 10.6. The van der Waals surface area contributed by atoms with Gasteiger partial charge in [0, 0.05) is 0 Å². The lowest BCUT2D eigenvalue weighted by molar-refractivity contribution is 1.87. The summed E-state index contributed by atoms with van der Waals surface area (Å²) >= 11 is 1.70. The van der Waals surface area contributed by atoms with E-state index >= 15 is 0 Å². The summed E-state index contributed by atoms with van der Waals surface area (Å²) in [5, 5.41) is 4.14. The topological polar surface area (TPSA) is 0 Å². The van der Waals surface area contributed by atoms with Crippen LogP contribution in [0, 0.1) is 6.92 Å². The van der Waals surface area contributed by atoms with E-state index in [0.29, 0.717) is 0 Å². The number of allylic oxidation sites excluding steroid dienone is 1. The Kier molecular flexibility index (Phi) is 1.86. The zero-order valence-corrected chi connectivity index (χ0v) is 5.32. The van der Waals surface area contributed by atoms with Gasteiger partial charge in [-0.05, 0) is 29.3 Å². The van der Waals surface area contributed by atoms with E-state index in [2.05, 4.69) is 23.8 Å². The van der Waals surface area contributed by atoms with Crippen molar-refractivity contribution >= 4 is 17.4 Å². The Morgan fingerprint density at radius 3 is 3.00 bits per heavy atom. The van der Waals surface area contributed by atoms with E-state index in [1.165, 1.54) is 5.56 Å². The first-order valence-electron chi connectivity index (χ1n) is 2.41. The Labute approximate surface area is 53.5 Å². The molecule has 0 nitrogen and oxygen atoms in total. The lowest BCUT2D eigenvalue weighted by atomic mass is 10.3. The van der Waals surface area contributed by atoms with Crippen LogP contribution in [0.3, 0.4) is 0 Å². The summed E-state index contributed by atoms with van der Waals surface area (Å²) in [6.07, 6.45) is 3.78. The van der Waals surface area contributed by atoms with Gasteiger partial charge in [0.2, 0.25) is 0 Å². The molecule has 0 fully saturated rings. The molecular weight excluding hydrogens is 116 g/mol. The SMILES string of the molecule is [CH2]/C=C/c1ccsc1. The summed E-state index contributed by atoms with van der Waals surface area (Å²) in [7, 11) is 0. The average Bonchev–Trinajstić information content (AvgIpc) is 2.19. The highest BCUT2D eigenvalue weighted by atomic mass is 32.1. The largest absolute Gasteiger partial charge is 0.152 e. The van der Waals surface area contributed by atoms with Crippen LogP contribution in [0.2, 0.25) is 0 Å². The minimum absolute atomic E-state index is 1.24. The van der Waals surface area contributed by atoms with Gasteiger partial charge in [-0.3, -0.25) is 0 Å². The molecule has 1 heteroatoms. The Hall–Kier alpha value is -0.560. The van der Waals surface area contributed by atoms with Gasteiger partial charge in [0.05, 0.1) is 0 Å². The molecule has 0 aliphatic rings. The van der Waals surface area contributed by atoms with Crippen molar-refractivity contribution in [3.8, 4) is 0 Å². The molecule has 8 heavy (non-hydrogen) atoms. The van der Waals surface area contributed by atoms with Crippen LogP contribution in [0.25, 0.3) is 6.08 Å². The van der Waals surface area contributed by atoms with E-state index in [0.717, 1.165) is 0 Å². The fraction of sp³-hybridized carbons (Fsp3) is 0. The fourth-order valence-electron chi connectivity index (χ4n) is 0.506. The Bertz CT molecular complexity index is 161. The van der Waals surface area contributed by atoms with Gasteiger partial charge in [-0.1, -0.05) is 12.2 Å². The molecular formula is C7H7S. The van der Waals surface area contributed by atoms with Crippen molar-refractivity contribution in [1.82, 2.24) is 0 Å². The third-order valence-electron chi connectivity index (χ3n) is 0.853. The number of rotatable bonds is 1. The molecule has 1 heterocycles. The Balaban J connectivity index is 2.77. The molecule has 0 N–H and O–H groups in total. The summed E-state index contributed by atoms with van der Waals surface area (Å²) in [5.41, 5.74) is 1.24. The van der Waals surface area contributed by atoms with E-state index < -0.39 is 0 Å². The second-order valence-corrected chi connectivity index (χ2v) is 2.24. The van der Waals surface area contributed by atoms with E-state index in [4.69, 9.17) is 0 Å². The molecule has 41 valence electrons. The van der Waals surface area contributed by atoms with Gasteiger partial charge in [0.25, 0.3) is 0 Å². The van der Waals surface area contributed by atoms with Crippen molar-refractivity contribution in [1.29, 1.82) is 0 Å². The van der Waals surface area contributed by atoms with Crippen LogP contribution in [-0.2, 0) is 0 Å². The molecule has 0 bridgehead atoms. The smallest absolute Gasteiger partial charge is 0.00209 e. The van der Waals surface area contributed by atoms with Crippen molar-refractivity contribution in [3.05, 3.63) is 35.4 Å². The van der Waals surface area contributed by atoms with Gasteiger partial charge >= 0.3 is 0 Å². The van der Waals surface area contributed by atoms with Crippen LogP contribution in [0.4, 0.5) is 0 Å². The van der Waals surface area contributed by atoms with Gasteiger partial charge < -0.3 is 0 Å². The van der Waals surface area contributed by atoms with E-state index in [1.807, 2.05) is 6.08 Å². The highest BCUT2D eigenvalue weighted by Gasteiger charge is 1.80. The lowest BCUT2D eigenvalue weighted by Crippen LogP contribution is -1.54. The minimum atomic E-state index is 1.24. The average molecular weight is 123 g/mol. The molecule has 0 aliphatic heterocycles. The molecule has 0 spiro atoms. The van der Waals surface area contributed by atoms with Crippen molar-refractivity contribution in [2.45, 2.75) is 0 Å². The highest BCUT2D eigenvalue weighted by molar-refractivity contribution is 7.08. The molecule has 0 aromatic carbocycles. The third kappa shape index (κ3) is 1.20. The maximum Gasteiger partial charge on any atom is -0.00209 e. The van der Waals surface area contributed by atoms with E-state index in [-0.39, 0.29) is 0 Å². The second kappa shape index (κ2) is 2.68. The molecule has 0 saturated heterocycles. The molecule has 1 rings (SSSR count). The number of hydrogen-bond donors (Lipinski definition) is 0. The molecule has 1 aromatic rings. The first kappa shape index (κ1) is 5.57. The predicted octanol–water partition coefficient (Wildman–Crippen LogP) is 2.60. The van der Waals surface area contributed by atoms with Gasteiger partial charge in [-0.2, -0.15) is 11.3 Å². The third-order valence-corrected chi connectivity index (χ3v) is 1.55. The monoisotopic (exact) mass is 123 g/mol. The Morgan fingerprint density at radius 2 is 2.50 bits per heavy atom. The van der Waals surface area contributed by atoms with Crippen LogP contribution in [-0.4, -0.2) is 0 Å². The van der Waals surface area contributed by atoms with Gasteiger partial charge in [-0.15, -0.1) is 0 Å². The number of hydrogen-bond acceptors (Lipinski definition) is 1. The van der Waals surface area contributed by atoms with Crippen LogP contribution < -0.4 is 0 Å². The maximum absolute atomic E-state index is 3.58. The predicted molar refractivity (Wildman–Crippen MR) is 38.7 cm³/mol. The molecule has 0 aliphatic carbocycles. The van der Waals surface area contributed by atoms with Crippen molar-refractivity contribution in [2.75, 3.05) is 0 Å². The summed E-state index contributed by atoms with van der Waals surface area (Å²) in [6.45, 7) is 3.58. The molecule has 0 amide bonds. The van der Waals surface area contributed by atoms with Crippen molar-refractivity contribution < 1.29 is 0 Å². The van der Waals surface area contributed by atoms with Gasteiger partial charge in [0.15, 0.2) is 0 Å². The zero-order chi connectivity index (χ0) is 5.82. The van der Waals surface area contributed by atoms with Crippen LogP contribution in [0.5, 0.6) is 0 Å². The quantitative estimate of drug-likeness (QED) is 0.538.